The van der Waals surface area contributed by atoms with E-state index in [0.29, 0.717) is 0 Å². The maximum absolute atomic E-state index is 4.82. The lowest BCUT2D eigenvalue weighted by Gasteiger charge is -2.24. The van der Waals surface area contributed by atoms with Crippen molar-refractivity contribution < 1.29 is 0 Å². The van der Waals surface area contributed by atoms with Crippen LogP contribution in [0, 0.1) is 0 Å². The highest BCUT2D eigenvalue weighted by atomic mass is 15.0. The monoisotopic (exact) mass is 755 g/mol. The molecule has 0 radical (unpaired) electrons. The van der Waals surface area contributed by atoms with Crippen molar-refractivity contribution in [3.63, 3.8) is 0 Å². The molecule has 7 aromatic carbocycles. The molecule has 1 unspecified atom stereocenters. The first-order valence-electron chi connectivity index (χ1n) is 20.7. The van der Waals surface area contributed by atoms with Gasteiger partial charge in [-0.15, -0.1) is 0 Å². The smallest absolute Gasteiger partial charge is 0.0541 e. The number of aromatic nitrogens is 3. The fraction of sp³-hybridized carbons (Fsp3) is 0.0893. The Morgan fingerprint density at radius 3 is 1.83 bits per heavy atom. The van der Waals surface area contributed by atoms with Crippen LogP contribution in [-0.4, -0.2) is 14.1 Å². The molecule has 0 amide bonds. The van der Waals surface area contributed by atoms with Crippen LogP contribution in [0.25, 0.3) is 82.8 Å². The summed E-state index contributed by atoms with van der Waals surface area (Å²) in [7, 11) is 0. The van der Waals surface area contributed by atoms with Crippen molar-refractivity contribution in [1.82, 2.24) is 14.1 Å². The fourth-order valence-electron chi connectivity index (χ4n) is 10.3. The Morgan fingerprint density at radius 1 is 0.492 bits per heavy atom. The van der Waals surface area contributed by atoms with Gasteiger partial charge >= 0.3 is 0 Å². The molecular weight excluding hydrogens is 715 g/mol. The van der Waals surface area contributed by atoms with Crippen molar-refractivity contribution in [1.29, 1.82) is 0 Å². The minimum Gasteiger partial charge on any atom is -0.313 e. The quantitative estimate of drug-likeness (QED) is 0.172. The van der Waals surface area contributed by atoms with Gasteiger partial charge in [-0.2, -0.15) is 0 Å². The van der Waals surface area contributed by atoms with Crippen molar-refractivity contribution in [2.45, 2.75) is 31.6 Å². The number of nitrogens with zero attached hydrogens (tertiary/aromatic N) is 3. The molecule has 3 heteroatoms. The third kappa shape index (κ3) is 5.17. The van der Waals surface area contributed by atoms with Gasteiger partial charge in [0.2, 0.25) is 0 Å². The molecular formula is C56H41N3. The van der Waals surface area contributed by atoms with Crippen LogP contribution < -0.4 is 0 Å². The third-order valence-electron chi connectivity index (χ3n) is 13.1. The maximum atomic E-state index is 4.82. The number of fused-ring (bicyclic) bond motifs is 9. The average Bonchev–Trinajstić information content (AvgIpc) is 3.89. The van der Waals surface area contributed by atoms with E-state index in [2.05, 4.69) is 205 Å². The van der Waals surface area contributed by atoms with E-state index in [9.17, 15) is 0 Å². The number of allylic oxidation sites excluding steroid dienone is 4. The van der Waals surface area contributed by atoms with Crippen molar-refractivity contribution in [2.24, 2.45) is 0 Å². The van der Waals surface area contributed by atoms with Gasteiger partial charge in [-0.05, 0) is 118 Å². The van der Waals surface area contributed by atoms with Gasteiger partial charge in [0.1, 0.15) is 0 Å². The van der Waals surface area contributed by atoms with Gasteiger partial charge in [0.15, 0.2) is 0 Å². The first kappa shape index (κ1) is 33.9. The number of hydrogen-bond donors (Lipinski definition) is 0. The van der Waals surface area contributed by atoms with E-state index >= 15 is 0 Å². The summed E-state index contributed by atoms with van der Waals surface area (Å²) in [6.45, 7) is 4.69. The fourth-order valence-corrected chi connectivity index (χ4v) is 10.3. The Labute approximate surface area is 343 Å². The summed E-state index contributed by atoms with van der Waals surface area (Å²) < 4.78 is 4.95. The zero-order chi connectivity index (χ0) is 39.2. The Kier molecular flexibility index (Phi) is 7.40. The Bertz CT molecular complexity index is 3380. The lowest BCUT2D eigenvalue weighted by molar-refractivity contribution is 0.660. The summed E-state index contributed by atoms with van der Waals surface area (Å²) in [6.07, 6.45) is 7.55. The molecule has 10 aromatic rings. The van der Waals surface area contributed by atoms with E-state index in [4.69, 9.17) is 4.98 Å². The van der Waals surface area contributed by atoms with Crippen LogP contribution in [0.1, 0.15) is 48.6 Å². The molecule has 2 aliphatic carbocycles. The lowest BCUT2D eigenvalue weighted by Crippen LogP contribution is -2.14. The SMILES string of the molecule is CC1(C)c2ccccc2-c2cc(-n3c4ccccc4c4cc(-c5ccc6c(c5)c5ccccc5n6C5=CC(c6ccccc6)=CC(c6ccccn6)C5)ccc43)ccc21. The van der Waals surface area contributed by atoms with Gasteiger partial charge in [0.25, 0.3) is 0 Å². The van der Waals surface area contributed by atoms with E-state index in [1.165, 1.54) is 99.5 Å². The molecule has 0 N–H and O–H groups in total. The summed E-state index contributed by atoms with van der Waals surface area (Å²) in [6, 6.07) is 64.8. The summed E-state index contributed by atoms with van der Waals surface area (Å²) in [5.74, 6) is 0.162. The third-order valence-corrected chi connectivity index (χ3v) is 13.1. The molecule has 2 aliphatic rings. The summed E-state index contributed by atoms with van der Waals surface area (Å²) >= 11 is 0. The first-order chi connectivity index (χ1) is 29.0. The van der Waals surface area contributed by atoms with Crippen LogP contribution in [0.5, 0.6) is 0 Å². The molecule has 1 atom stereocenters. The molecule has 0 bridgehead atoms. The van der Waals surface area contributed by atoms with Crippen LogP contribution in [0.2, 0.25) is 0 Å². The number of hydrogen-bond acceptors (Lipinski definition) is 1. The highest BCUT2D eigenvalue weighted by molar-refractivity contribution is 6.13. The van der Waals surface area contributed by atoms with E-state index in [1.807, 2.05) is 12.3 Å². The lowest BCUT2D eigenvalue weighted by atomic mass is 9.82. The van der Waals surface area contributed by atoms with Gasteiger partial charge in [-0.25, -0.2) is 0 Å². The van der Waals surface area contributed by atoms with E-state index in [0.717, 1.165) is 12.1 Å². The predicted octanol–water partition coefficient (Wildman–Crippen LogP) is 14.4. The van der Waals surface area contributed by atoms with Gasteiger partial charge in [0.05, 0.1) is 22.1 Å². The van der Waals surface area contributed by atoms with E-state index in [1.54, 1.807) is 0 Å². The van der Waals surface area contributed by atoms with Gasteiger partial charge in [-0.3, -0.25) is 4.98 Å². The zero-order valence-corrected chi connectivity index (χ0v) is 33.1. The van der Waals surface area contributed by atoms with Crippen molar-refractivity contribution in [2.75, 3.05) is 0 Å². The molecule has 0 saturated heterocycles. The van der Waals surface area contributed by atoms with Crippen molar-refractivity contribution in [3.05, 3.63) is 217 Å². The van der Waals surface area contributed by atoms with Crippen molar-refractivity contribution >= 4 is 54.9 Å². The van der Waals surface area contributed by atoms with Gasteiger partial charge in [0, 0.05) is 56.2 Å². The highest BCUT2D eigenvalue weighted by Crippen LogP contribution is 2.50. The number of rotatable bonds is 5. The van der Waals surface area contributed by atoms with Crippen LogP contribution >= 0.6 is 0 Å². The van der Waals surface area contributed by atoms with Crippen LogP contribution in [0.15, 0.2) is 194 Å². The normalized spacial score (nSPS) is 15.7. The highest BCUT2D eigenvalue weighted by Gasteiger charge is 2.35. The second-order valence-electron chi connectivity index (χ2n) is 16.8. The summed E-state index contributed by atoms with van der Waals surface area (Å²) in [4.78, 5) is 4.82. The molecule has 3 nitrogen and oxygen atoms in total. The average molecular weight is 756 g/mol. The molecule has 59 heavy (non-hydrogen) atoms. The zero-order valence-electron chi connectivity index (χ0n) is 33.1. The number of pyridine rings is 1. The topological polar surface area (TPSA) is 22.8 Å². The second kappa shape index (κ2) is 12.9. The van der Waals surface area contributed by atoms with E-state index in [-0.39, 0.29) is 11.3 Å². The second-order valence-corrected chi connectivity index (χ2v) is 16.8. The van der Waals surface area contributed by atoms with Crippen LogP contribution in [0.3, 0.4) is 0 Å². The molecule has 0 fully saturated rings. The van der Waals surface area contributed by atoms with Crippen LogP contribution in [0.4, 0.5) is 0 Å². The molecule has 0 spiro atoms. The maximum Gasteiger partial charge on any atom is 0.0541 e. The Balaban J connectivity index is 0.993. The molecule has 280 valence electrons. The largest absolute Gasteiger partial charge is 0.313 e. The predicted molar refractivity (Wildman–Crippen MR) is 247 cm³/mol. The minimum absolute atomic E-state index is 0.0227. The summed E-state index contributed by atoms with van der Waals surface area (Å²) in [5, 5.41) is 5.04. The summed E-state index contributed by atoms with van der Waals surface area (Å²) in [5.41, 5.74) is 18.7. The molecule has 3 aromatic heterocycles. The molecule has 0 aliphatic heterocycles. The minimum atomic E-state index is -0.0227. The van der Waals surface area contributed by atoms with Crippen LogP contribution in [-0.2, 0) is 5.41 Å². The number of para-hydroxylation sites is 2. The Hall–Kier alpha value is -7.23. The Morgan fingerprint density at radius 2 is 1.10 bits per heavy atom. The molecule has 12 rings (SSSR count). The first-order valence-corrected chi connectivity index (χ1v) is 20.7. The van der Waals surface area contributed by atoms with Gasteiger partial charge < -0.3 is 9.13 Å². The molecule has 0 saturated carbocycles. The van der Waals surface area contributed by atoms with E-state index < -0.39 is 0 Å². The van der Waals surface area contributed by atoms with Crippen molar-refractivity contribution in [3.8, 4) is 27.9 Å². The standard InChI is InChI=1S/C56H41N3/c1-56(2)49-19-9-6-16-43(49)46-35-41(25-26-50(46)56)58-52-21-10-7-17-44(52)47-33-37(23-27-54(47)58)38-24-28-55-48(34-38)45-18-8-11-22-53(45)59(55)42-31-39(36-14-4-3-5-15-36)30-40(32-42)51-20-12-13-29-57-51/h3-31,33-35,40H,32H2,1-2H3. The number of benzene rings is 7. The van der Waals surface area contributed by atoms with Gasteiger partial charge in [-0.1, -0.05) is 135 Å². The molecule has 3 heterocycles.